The van der Waals surface area contributed by atoms with Crippen molar-refractivity contribution in [1.29, 1.82) is 0 Å². The highest BCUT2D eigenvalue weighted by molar-refractivity contribution is 6.18. The van der Waals surface area contributed by atoms with E-state index in [0.29, 0.717) is 21.8 Å². The molecule has 0 spiro atoms. The van der Waals surface area contributed by atoms with Crippen molar-refractivity contribution in [2.75, 3.05) is 0 Å². The summed E-state index contributed by atoms with van der Waals surface area (Å²) >= 11 is 0. The second-order valence-electron chi connectivity index (χ2n) is 7.63. The number of hydrogen-bond donors (Lipinski definition) is 1. The fourth-order valence-corrected chi connectivity index (χ4v) is 3.84. The third-order valence-electron chi connectivity index (χ3n) is 5.46. The SMILES string of the molecule is CC(C)c1ccc2c3c(C(N)=O)cccc3n(Cc3c(F)c(F)c(F)c(F)c3F)c2c1. The minimum Gasteiger partial charge on any atom is -0.366 e. The highest BCUT2D eigenvalue weighted by Crippen LogP contribution is 2.35. The second kappa shape index (κ2) is 7.37. The Kier molecular flexibility index (Phi) is 4.95. The number of carbonyl (C=O) groups excluding carboxylic acids is 1. The maximum Gasteiger partial charge on any atom is 0.249 e. The van der Waals surface area contributed by atoms with E-state index >= 15 is 0 Å². The Morgan fingerprint density at radius 1 is 0.903 bits per heavy atom. The fourth-order valence-electron chi connectivity index (χ4n) is 3.84. The van der Waals surface area contributed by atoms with Crippen LogP contribution >= 0.6 is 0 Å². The predicted molar refractivity (Wildman–Crippen MR) is 107 cm³/mol. The van der Waals surface area contributed by atoms with Crippen LogP contribution in [0.1, 0.15) is 41.3 Å². The topological polar surface area (TPSA) is 48.0 Å². The molecule has 4 aromatic rings. The van der Waals surface area contributed by atoms with E-state index in [9.17, 15) is 26.7 Å². The van der Waals surface area contributed by atoms with Crippen LogP contribution in [-0.2, 0) is 6.54 Å². The molecule has 0 unspecified atom stereocenters. The standard InChI is InChI=1S/C23H17F5N2O/c1-10(2)11-6-7-12-16(8-11)30(15-5-3-4-13(17(12)15)23(29)31)9-14-18(24)20(26)22(28)21(27)19(14)25/h3-8,10H,9H2,1-2H3,(H2,29,31). The summed E-state index contributed by atoms with van der Waals surface area (Å²) in [5.74, 6) is -10.6. The van der Waals surface area contributed by atoms with Crippen LogP contribution in [0.5, 0.6) is 0 Å². The molecule has 0 aliphatic rings. The Labute approximate surface area is 173 Å². The van der Waals surface area contributed by atoms with Crippen molar-refractivity contribution in [2.45, 2.75) is 26.3 Å². The molecule has 0 aliphatic heterocycles. The Morgan fingerprint density at radius 3 is 2.10 bits per heavy atom. The van der Waals surface area contributed by atoms with Crippen LogP contribution in [-0.4, -0.2) is 10.5 Å². The van der Waals surface area contributed by atoms with Gasteiger partial charge in [0.15, 0.2) is 23.3 Å². The first-order chi connectivity index (χ1) is 14.6. The molecule has 0 saturated carbocycles. The van der Waals surface area contributed by atoms with E-state index in [1.807, 2.05) is 19.9 Å². The maximum atomic E-state index is 14.4. The molecule has 3 aromatic carbocycles. The molecule has 0 saturated heterocycles. The average molecular weight is 432 g/mol. The minimum absolute atomic E-state index is 0.112. The van der Waals surface area contributed by atoms with Crippen molar-refractivity contribution in [3.63, 3.8) is 0 Å². The first-order valence-corrected chi connectivity index (χ1v) is 9.48. The molecule has 1 aromatic heterocycles. The quantitative estimate of drug-likeness (QED) is 0.249. The summed E-state index contributed by atoms with van der Waals surface area (Å²) in [6, 6.07) is 10.0. The van der Waals surface area contributed by atoms with Crippen LogP contribution in [0.2, 0.25) is 0 Å². The molecule has 1 amide bonds. The molecular formula is C23H17F5N2O. The third-order valence-corrected chi connectivity index (χ3v) is 5.46. The van der Waals surface area contributed by atoms with Crippen molar-refractivity contribution >= 4 is 27.7 Å². The number of nitrogens with zero attached hydrogens (tertiary/aromatic N) is 1. The van der Waals surface area contributed by atoms with Crippen molar-refractivity contribution in [2.24, 2.45) is 5.73 Å². The normalized spacial score (nSPS) is 11.7. The number of amides is 1. The Balaban J connectivity index is 2.09. The van der Waals surface area contributed by atoms with Crippen LogP contribution < -0.4 is 5.73 Å². The summed E-state index contributed by atoms with van der Waals surface area (Å²) in [4.78, 5) is 12.0. The first kappa shape index (κ1) is 20.8. The zero-order valence-corrected chi connectivity index (χ0v) is 16.6. The summed E-state index contributed by atoms with van der Waals surface area (Å²) < 4.78 is 71.2. The average Bonchev–Trinajstić information content (AvgIpc) is 3.06. The molecule has 0 atom stereocenters. The number of halogens is 5. The molecule has 0 fully saturated rings. The number of carbonyl (C=O) groups is 1. The predicted octanol–water partition coefficient (Wildman–Crippen LogP) is 5.76. The lowest BCUT2D eigenvalue weighted by Crippen LogP contribution is -2.12. The smallest absolute Gasteiger partial charge is 0.249 e. The summed E-state index contributed by atoms with van der Waals surface area (Å²) in [6.45, 7) is 3.27. The number of hydrogen-bond acceptors (Lipinski definition) is 1. The number of fused-ring (bicyclic) bond motifs is 3. The van der Waals surface area contributed by atoms with E-state index in [-0.39, 0.29) is 11.5 Å². The van der Waals surface area contributed by atoms with Crippen molar-refractivity contribution in [3.8, 4) is 0 Å². The van der Waals surface area contributed by atoms with Gasteiger partial charge in [0, 0.05) is 27.4 Å². The highest BCUT2D eigenvalue weighted by atomic mass is 19.2. The van der Waals surface area contributed by atoms with Gasteiger partial charge in [0.2, 0.25) is 11.7 Å². The van der Waals surface area contributed by atoms with Gasteiger partial charge in [0.25, 0.3) is 0 Å². The molecule has 0 bridgehead atoms. The van der Waals surface area contributed by atoms with Crippen LogP contribution in [0.15, 0.2) is 36.4 Å². The van der Waals surface area contributed by atoms with Crippen LogP contribution in [0.4, 0.5) is 22.0 Å². The van der Waals surface area contributed by atoms with Gasteiger partial charge in [0.05, 0.1) is 12.1 Å². The van der Waals surface area contributed by atoms with E-state index in [0.717, 1.165) is 5.56 Å². The molecule has 0 aliphatic carbocycles. The van der Waals surface area contributed by atoms with E-state index in [1.165, 1.54) is 10.6 Å². The van der Waals surface area contributed by atoms with Gasteiger partial charge in [-0.25, -0.2) is 22.0 Å². The molecular weight excluding hydrogens is 415 g/mol. The summed E-state index contributed by atoms with van der Waals surface area (Å²) in [5.41, 5.74) is 6.50. The number of benzene rings is 3. The highest BCUT2D eigenvalue weighted by Gasteiger charge is 2.27. The van der Waals surface area contributed by atoms with Gasteiger partial charge >= 0.3 is 0 Å². The summed E-state index contributed by atoms with van der Waals surface area (Å²) in [5, 5.41) is 1.03. The van der Waals surface area contributed by atoms with Crippen molar-refractivity contribution in [3.05, 3.63) is 82.2 Å². The van der Waals surface area contributed by atoms with Gasteiger partial charge in [-0.3, -0.25) is 4.79 Å². The zero-order valence-electron chi connectivity index (χ0n) is 16.6. The number of primary amides is 1. The number of rotatable bonds is 4. The van der Waals surface area contributed by atoms with Crippen LogP contribution in [0, 0.1) is 29.1 Å². The van der Waals surface area contributed by atoms with Crippen molar-refractivity contribution < 1.29 is 26.7 Å². The van der Waals surface area contributed by atoms with Gasteiger partial charge in [-0.05, 0) is 29.7 Å². The number of nitrogens with two attached hydrogens (primary N) is 1. The molecule has 3 nitrogen and oxygen atoms in total. The fraction of sp³-hybridized carbons (Fsp3) is 0.174. The molecule has 2 N–H and O–H groups in total. The largest absolute Gasteiger partial charge is 0.366 e. The van der Waals surface area contributed by atoms with E-state index in [4.69, 9.17) is 5.73 Å². The van der Waals surface area contributed by atoms with Gasteiger partial charge in [-0.1, -0.05) is 32.0 Å². The first-order valence-electron chi connectivity index (χ1n) is 9.48. The van der Waals surface area contributed by atoms with E-state index < -0.39 is 47.1 Å². The summed E-state index contributed by atoms with van der Waals surface area (Å²) in [6.07, 6.45) is 0. The van der Waals surface area contributed by atoms with Gasteiger partial charge in [0.1, 0.15) is 0 Å². The van der Waals surface area contributed by atoms with Gasteiger partial charge in [-0.15, -0.1) is 0 Å². The molecule has 8 heteroatoms. The summed E-state index contributed by atoms with van der Waals surface area (Å²) in [7, 11) is 0. The lowest BCUT2D eigenvalue weighted by atomic mass is 10.00. The Bertz CT molecular complexity index is 1350. The second-order valence-corrected chi connectivity index (χ2v) is 7.63. The van der Waals surface area contributed by atoms with Crippen LogP contribution in [0.25, 0.3) is 21.8 Å². The Hall–Kier alpha value is -3.42. The lowest BCUT2D eigenvalue weighted by molar-refractivity contribution is 0.100. The molecule has 31 heavy (non-hydrogen) atoms. The van der Waals surface area contributed by atoms with Gasteiger partial charge in [-0.2, -0.15) is 0 Å². The minimum atomic E-state index is -2.21. The molecule has 1 heterocycles. The van der Waals surface area contributed by atoms with E-state index in [2.05, 4.69) is 0 Å². The monoisotopic (exact) mass is 432 g/mol. The zero-order chi connectivity index (χ0) is 22.6. The molecule has 160 valence electrons. The lowest BCUT2D eigenvalue weighted by Gasteiger charge is -2.13. The molecule has 4 rings (SSSR count). The maximum absolute atomic E-state index is 14.4. The molecule has 0 radical (unpaired) electrons. The third kappa shape index (κ3) is 3.13. The van der Waals surface area contributed by atoms with Gasteiger partial charge < -0.3 is 10.3 Å². The van der Waals surface area contributed by atoms with Crippen molar-refractivity contribution in [1.82, 2.24) is 4.57 Å². The van der Waals surface area contributed by atoms with Crippen LogP contribution in [0.3, 0.4) is 0 Å². The Morgan fingerprint density at radius 2 is 1.52 bits per heavy atom. The number of aromatic nitrogens is 1. The van der Waals surface area contributed by atoms with E-state index in [1.54, 1.807) is 24.3 Å².